The third-order valence-electron chi connectivity index (χ3n) is 4.22. The maximum Gasteiger partial charge on any atom is 0.306 e. The van der Waals surface area contributed by atoms with Gasteiger partial charge in [-0.15, -0.1) is 0 Å². The first kappa shape index (κ1) is 19.3. The Hall–Kier alpha value is -2.02. The van der Waals surface area contributed by atoms with Gasteiger partial charge < -0.3 is 15.8 Å². The molecule has 2 atom stereocenters. The predicted octanol–water partition coefficient (Wildman–Crippen LogP) is 2.46. The van der Waals surface area contributed by atoms with E-state index in [0.717, 1.165) is 24.2 Å². The van der Waals surface area contributed by atoms with Crippen molar-refractivity contribution >= 4 is 29.5 Å². The van der Waals surface area contributed by atoms with Crippen LogP contribution >= 0.6 is 11.8 Å². The van der Waals surface area contributed by atoms with Crippen LogP contribution in [-0.4, -0.2) is 29.8 Å². The Balaban J connectivity index is 1.98. The Morgan fingerprint density at radius 3 is 2.76 bits per heavy atom. The lowest BCUT2D eigenvalue weighted by molar-refractivity contribution is -0.141. The summed E-state index contributed by atoms with van der Waals surface area (Å²) in [4.78, 5) is 36.2. The highest BCUT2D eigenvalue weighted by Gasteiger charge is 2.33. The number of benzene rings is 1. The lowest BCUT2D eigenvalue weighted by Crippen LogP contribution is -2.42. The third kappa shape index (κ3) is 5.49. The standard InChI is InChI=1S/C18H24N2O4S/c1-2-6-16(21)24-11-25-15-10-4-3-7-13(15)18(23)20-14-9-5-8-12(14)17(19)22/h3-4,7,10,12,14H,2,5-6,8-9,11H2,1H3,(H2,19,22)(H,20,23)/t12-,14-/m0/s1. The quantitative estimate of drug-likeness (QED) is 0.419. The summed E-state index contributed by atoms with van der Waals surface area (Å²) in [6, 6.07) is 6.93. The fraction of sp³-hybridized carbons (Fsp3) is 0.500. The minimum absolute atomic E-state index is 0.163. The molecule has 1 aromatic rings. The Labute approximate surface area is 151 Å². The highest BCUT2D eigenvalue weighted by molar-refractivity contribution is 7.99. The summed E-state index contributed by atoms with van der Waals surface area (Å²) in [7, 11) is 0. The van der Waals surface area contributed by atoms with Crippen molar-refractivity contribution in [3.63, 3.8) is 0 Å². The van der Waals surface area contributed by atoms with Gasteiger partial charge in [-0.05, 0) is 31.4 Å². The van der Waals surface area contributed by atoms with E-state index >= 15 is 0 Å². The highest BCUT2D eigenvalue weighted by atomic mass is 32.2. The number of thioether (sulfide) groups is 1. The zero-order valence-electron chi connectivity index (χ0n) is 14.3. The number of nitrogens with two attached hydrogens (primary N) is 1. The van der Waals surface area contributed by atoms with Crippen LogP contribution in [0.25, 0.3) is 0 Å². The number of rotatable bonds is 8. The van der Waals surface area contributed by atoms with Crippen molar-refractivity contribution in [1.29, 1.82) is 0 Å². The lowest BCUT2D eigenvalue weighted by Gasteiger charge is -2.19. The molecule has 0 saturated heterocycles. The van der Waals surface area contributed by atoms with Crippen LogP contribution in [0, 0.1) is 5.92 Å². The van der Waals surface area contributed by atoms with E-state index in [2.05, 4.69) is 5.32 Å². The SMILES string of the molecule is CCCC(=O)OCSc1ccccc1C(=O)N[C@H]1CCC[C@@H]1C(N)=O. The Morgan fingerprint density at radius 1 is 1.28 bits per heavy atom. The van der Waals surface area contributed by atoms with Crippen LogP contribution in [0.5, 0.6) is 0 Å². The molecule has 1 aromatic carbocycles. The maximum absolute atomic E-state index is 12.6. The van der Waals surface area contributed by atoms with E-state index in [1.165, 1.54) is 11.8 Å². The average Bonchev–Trinajstić information content (AvgIpc) is 3.04. The summed E-state index contributed by atoms with van der Waals surface area (Å²) in [6.07, 6.45) is 3.47. The smallest absolute Gasteiger partial charge is 0.306 e. The number of carbonyl (C=O) groups excluding carboxylic acids is 3. The van der Waals surface area contributed by atoms with Gasteiger partial charge in [0.25, 0.3) is 5.91 Å². The number of hydrogen-bond acceptors (Lipinski definition) is 5. The molecular weight excluding hydrogens is 340 g/mol. The van der Waals surface area contributed by atoms with Crippen molar-refractivity contribution in [3.8, 4) is 0 Å². The first-order valence-electron chi connectivity index (χ1n) is 8.50. The molecule has 6 nitrogen and oxygen atoms in total. The molecule has 1 fully saturated rings. The Bertz CT molecular complexity index is 635. The van der Waals surface area contributed by atoms with Gasteiger partial charge in [0.15, 0.2) is 0 Å². The van der Waals surface area contributed by atoms with Gasteiger partial charge in [-0.3, -0.25) is 14.4 Å². The molecule has 7 heteroatoms. The third-order valence-corrected chi connectivity index (χ3v) is 5.12. The summed E-state index contributed by atoms with van der Waals surface area (Å²) in [6.45, 7) is 1.91. The van der Waals surface area contributed by atoms with Crippen LogP contribution in [0.4, 0.5) is 0 Å². The van der Waals surface area contributed by atoms with Crippen LogP contribution in [0.2, 0.25) is 0 Å². The summed E-state index contributed by atoms with van der Waals surface area (Å²) in [5.74, 6) is -0.989. The molecule has 0 unspecified atom stereocenters. The van der Waals surface area contributed by atoms with Gasteiger partial charge in [-0.25, -0.2) is 0 Å². The Morgan fingerprint density at radius 2 is 2.04 bits per heavy atom. The molecule has 2 amide bonds. The molecule has 0 heterocycles. The van der Waals surface area contributed by atoms with Crippen molar-refractivity contribution in [2.75, 3.05) is 5.94 Å². The van der Waals surface area contributed by atoms with E-state index < -0.39 is 0 Å². The van der Waals surface area contributed by atoms with E-state index in [1.54, 1.807) is 12.1 Å². The minimum atomic E-state index is -0.367. The first-order valence-corrected chi connectivity index (χ1v) is 9.49. The van der Waals surface area contributed by atoms with Crippen LogP contribution in [0.1, 0.15) is 49.4 Å². The number of carbonyl (C=O) groups is 3. The summed E-state index contributed by atoms with van der Waals surface area (Å²) in [5.41, 5.74) is 5.92. The van der Waals surface area contributed by atoms with Gasteiger partial charge in [-0.2, -0.15) is 0 Å². The Kier molecular flexibility index (Phi) is 7.31. The zero-order valence-corrected chi connectivity index (χ0v) is 15.1. The average molecular weight is 364 g/mol. The number of ether oxygens (including phenoxy) is 1. The van der Waals surface area contributed by atoms with E-state index in [0.29, 0.717) is 18.4 Å². The van der Waals surface area contributed by atoms with Gasteiger partial charge in [-0.1, -0.05) is 37.2 Å². The second kappa shape index (κ2) is 9.46. The maximum atomic E-state index is 12.6. The molecule has 0 radical (unpaired) electrons. The number of amides is 2. The van der Waals surface area contributed by atoms with Gasteiger partial charge >= 0.3 is 5.97 Å². The number of nitrogens with one attached hydrogen (secondary N) is 1. The van der Waals surface area contributed by atoms with E-state index in [-0.39, 0.29) is 35.7 Å². The van der Waals surface area contributed by atoms with Gasteiger partial charge in [0.05, 0.1) is 11.5 Å². The summed E-state index contributed by atoms with van der Waals surface area (Å²) >= 11 is 1.30. The molecule has 136 valence electrons. The number of esters is 1. The summed E-state index contributed by atoms with van der Waals surface area (Å²) in [5, 5.41) is 2.93. The topological polar surface area (TPSA) is 98.5 Å². The fourth-order valence-corrected chi connectivity index (χ4v) is 3.74. The fourth-order valence-electron chi connectivity index (χ4n) is 2.93. The van der Waals surface area contributed by atoms with Gasteiger partial charge in [0.1, 0.15) is 5.94 Å². The number of primary amides is 1. The largest absolute Gasteiger partial charge is 0.454 e. The van der Waals surface area contributed by atoms with Crippen molar-refractivity contribution in [2.45, 2.75) is 50.0 Å². The molecule has 3 N–H and O–H groups in total. The van der Waals surface area contributed by atoms with E-state index in [1.807, 2.05) is 19.1 Å². The number of hydrogen-bond donors (Lipinski definition) is 2. The first-order chi connectivity index (χ1) is 12.0. The van der Waals surface area contributed by atoms with Crippen molar-refractivity contribution in [3.05, 3.63) is 29.8 Å². The molecule has 1 aliphatic carbocycles. The van der Waals surface area contributed by atoms with Crippen LogP contribution < -0.4 is 11.1 Å². The van der Waals surface area contributed by atoms with E-state index in [9.17, 15) is 14.4 Å². The van der Waals surface area contributed by atoms with Gasteiger partial charge in [0, 0.05) is 17.4 Å². The molecule has 1 aliphatic rings. The van der Waals surface area contributed by atoms with Crippen molar-refractivity contribution in [1.82, 2.24) is 5.32 Å². The van der Waals surface area contributed by atoms with Crippen LogP contribution in [-0.2, 0) is 14.3 Å². The molecule has 0 aromatic heterocycles. The highest BCUT2D eigenvalue weighted by Crippen LogP contribution is 2.27. The van der Waals surface area contributed by atoms with Crippen LogP contribution in [0.3, 0.4) is 0 Å². The molecule has 0 bridgehead atoms. The molecule has 0 spiro atoms. The van der Waals surface area contributed by atoms with Crippen LogP contribution in [0.15, 0.2) is 29.2 Å². The summed E-state index contributed by atoms with van der Waals surface area (Å²) < 4.78 is 5.13. The zero-order chi connectivity index (χ0) is 18.2. The minimum Gasteiger partial charge on any atom is -0.454 e. The van der Waals surface area contributed by atoms with Crippen molar-refractivity contribution in [2.24, 2.45) is 11.7 Å². The molecule has 2 rings (SSSR count). The molecule has 1 saturated carbocycles. The van der Waals surface area contributed by atoms with E-state index in [4.69, 9.17) is 10.5 Å². The lowest BCUT2D eigenvalue weighted by atomic mass is 10.0. The second-order valence-electron chi connectivity index (χ2n) is 6.04. The van der Waals surface area contributed by atoms with Crippen molar-refractivity contribution < 1.29 is 19.1 Å². The molecule has 0 aliphatic heterocycles. The normalized spacial score (nSPS) is 19.4. The monoisotopic (exact) mass is 364 g/mol. The second-order valence-corrected chi connectivity index (χ2v) is 7.01. The molecule has 25 heavy (non-hydrogen) atoms. The molecular formula is C18H24N2O4S. The predicted molar refractivity (Wildman–Crippen MR) is 96.0 cm³/mol. The van der Waals surface area contributed by atoms with Gasteiger partial charge in [0.2, 0.25) is 5.91 Å².